The Morgan fingerprint density at radius 3 is 1.48 bits per heavy atom. The lowest BCUT2D eigenvalue weighted by Crippen LogP contribution is -3.00. The van der Waals surface area contributed by atoms with Gasteiger partial charge in [-0.1, -0.05) is 102 Å². The van der Waals surface area contributed by atoms with Gasteiger partial charge in [0, 0.05) is 5.56 Å². The Labute approximate surface area is 176 Å². The molecule has 1 rings (SSSR count). The first-order valence-electron chi connectivity index (χ1n) is 11.5. The van der Waals surface area contributed by atoms with Gasteiger partial charge in [-0.25, -0.2) is 0 Å². The normalized spacial score (nSPS) is 11.4. The van der Waals surface area contributed by atoms with Crippen LogP contribution in [-0.4, -0.2) is 20.6 Å². The van der Waals surface area contributed by atoms with Crippen molar-refractivity contribution in [3.05, 3.63) is 29.8 Å². The highest BCUT2D eigenvalue weighted by Crippen LogP contribution is 2.24. The van der Waals surface area contributed by atoms with Gasteiger partial charge in [-0.2, -0.15) is 0 Å². The van der Waals surface area contributed by atoms with Crippen molar-refractivity contribution in [2.75, 3.05) is 20.6 Å². The first-order valence-corrected chi connectivity index (χ1v) is 11.5. The highest BCUT2D eigenvalue weighted by atomic mass is 35.5. The number of aryl methyl sites for hydroxylation is 1. The van der Waals surface area contributed by atoms with Crippen LogP contribution in [0, 0.1) is 6.92 Å². The highest BCUT2D eigenvalue weighted by molar-refractivity contribution is 5.48. The number of unbranched alkanes of at least 4 members (excludes halogenated alkanes) is 13. The third kappa shape index (κ3) is 12.5. The van der Waals surface area contributed by atoms with Gasteiger partial charge in [0.15, 0.2) is 0 Å². The lowest BCUT2D eigenvalue weighted by atomic mass is 10.0. The molecule has 0 atom stereocenters. The minimum atomic E-state index is 0. The van der Waals surface area contributed by atoms with E-state index in [1.165, 1.54) is 108 Å². The van der Waals surface area contributed by atoms with Crippen molar-refractivity contribution in [3.8, 4) is 0 Å². The van der Waals surface area contributed by atoms with Crippen LogP contribution < -0.4 is 16.9 Å². The molecule has 0 saturated carbocycles. The molecule has 0 radical (unpaired) electrons. The third-order valence-electron chi connectivity index (χ3n) is 5.84. The van der Waals surface area contributed by atoms with Crippen molar-refractivity contribution in [1.29, 1.82) is 0 Å². The number of rotatable bonds is 16. The molecular weight excluding hydrogens is 350 g/mol. The van der Waals surface area contributed by atoms with E-state index in [0.29, 0.717) is 0 Å². The van der Waals surface area contributed by atoms with Gasteiger partial charge in [0.2, 0.25) is 0 Å². The van der Waals surface area contributed by atoms with Crippen LogP contribution >= 0.6 is 0 Å². The lowest BCUT2D eigenvalue weighted by Gasteiger charge is -2.30. The Balaban J connectivity index is 0.00000676. The van der Waals surface area contributed by atoms with Crippen LogP contribution in [0.1, 0.15) is 102 Å². The topological polar surface area (TPSA) is 0 Å². The van der Waals surface area contributed by atoms with Crippen molar-refractivity contribution in [2.45, 2.75) is 104 Å². The van der Waals surface area contributed by atoms with E-state index in [0.717, 1.165) is 4.48 Å². The number of para-hydroxylation sites is 1. The summed E-state index contributed by atoms with van der Waals surface area (Å²) in [5.41, 5.74) is 2.89. The Hall–Kier alpha value is -0.530. The zero-order valence-corrected chi connectivity index (χ0v) is 19.5. The number of hydrogen-bond acceptors (Lipinski definition) is 0. The molecule has 1 aromatic rings. The second kappa shape index (κ2) is 16.4. The van der Waals surface area contributed by atoms with E-state index in [9.17, 15) is 0 Å². The monoisotopic (exact) mass is 395 g/mol. The molecule has 0 aromatic heterocycles. The van der Waals surface area contributed by atoms with Crippen LogP contribution in [0.15, 0.2) is 24.3 Å². The van der Waals surface area contributed by atoms with Gasteiger partial charge < -0.3 is 12.4 Å². The first-order chi connectivity index (χ1) is 12.6. The lowest BCUT2D eigenvalue weighted by molar-refractivity contribution is -0.00000591. The molecule has 0 heterocycles. The molecule has 1 aromatic carbocycles. The number of halogens is 1. The summed E-state index contributed by atoms with van der Waals surface area (Å²) < 4.78 is 1.02. The molecular formula is C25H46ClN. The molecule has 1 nitrogen and oxygen atoms in total. The average Bonchev–Trinajstić information content (AvgIpc) is 2.62. The molecule has 27 heavy (non-hydrogen) atoms. The molecule has 0 aliphatic carbocycles. The molecule has 0 aliphatic rings. The Kier molecular flexibility index (Phi) is 16.1. The highest BCUT2D eigenvalue weighted by Gasteiger charge is 2.19. The summed E-state index contributed by atoms with van der Waals surface area (Å²) in [6, 6.07) is 8.85. The fourth-order valence-corrected chi connectivity index (χ4v) is 4.06. The summed E-state index contributed by atoms with van der Waals surface area (Å²) in [7, 11) is 4.70. The number of benzene rings is 1. The van der Waals surface area contributed by atoms with Gasteiger partial charge in [0.25, 0.3) is 0 Å². The van der Waals surface area contributed by atoms with E-state index in [-0.39, 0.29) is 12.4 Å². The van der Waals surface area contributed by atoms with Crippen LogP contribution in [0.4, 0.5) is 5.69 Å². The second-order valence-corrected chi connectivity index (χ2v) is 8.79. The van der Waals surface area contributed by atoms with Crippen LogP contribution in [0.2, 0.25) is 0 Å². The molecule has 0 bridgehead atoms. The van der Waals surface area contributed by atoms with Gasteiger partial charge in [0.1, 0.15) is 5.69 Å². The van der Waals surface area contributed by atoms with Gasteiger partial charge >= 0.3 is 0 Å². The van der Waals surface area contributed by atoms with Gasteiger partial charge in [-0.3, -0.25) is 4.48 Å². The smallest absolute Gasteiger partial charge is 0.135 e. The minimum Gasteiger partial charge on any atom is -1.00 e. The summed E-state index contributed by atoms with van der Waals surface area (Å²) in [6.07, 6.45) is 20.1. The molecule has 0 unspecified atom stereocenters. The maximum atomic E-state index is 2.35. The summed E-state index contributed by atoms with van der Waals surface area (Å²) in [4.78, 5) is 0. The number of quaternary nitrogens is 1. The Bertz CT molecular complexity index is 455. The summed E-state index contributed by atoms with van der Waals surface area (Å²) >= 11 is 0. The van der Waals surface area contributed by atoms with E-state index in [1.807, 2.05) is 0 Å². The fraction of sp³-hybridized carbons (Fsp3) is 0.760. The van der Waals surface area contributed by atoms with Gasteiger partial charge in [-0.05, 0) is 25.8 Å². The zero-order valence-electron chi connectivity index (χ0n) is 18.7. The van der Waals surface area contributed by atoms with E-state index >= 15 is 0 Å². The molecule has 0 saturated heterocycles. The molecule has 0 spiro atoms. The van der Waals surface area contributed by atoms with E-state index in [4.69, 9.17) is 0 Å². The summed E-state index contributed by atoms with van der Waals surface area (Å²) in [6.45, 7) is 5.79. The van der Waals surface area contributed by atoms with Crippen molar-refractivity contribution < 1.29 is 12.4 Å². The molecule has 2 heteroatoms. The van der Waals surface area contributed by atoms with Crippen molar-refractivity contribution in [3.63, 3.8) is 0 Å². The molecule has 0 aliphatic heterocycles. The van der Waals surface area contributed by atoms with Gasteiger partial charge in [0.05, 0.1) is 20.6 Å². The Morgan fingerprint density at radius 1 is 0.630 bits per heavy atom. The number of nitrogens with zero attached hydrogens (tertiary/aromatic N) is 1. The maximum Gasteiger partial charge on any atom is 0.135 e. The SMILES string of the molecule is CCCCCCCCCCCCCCCC[N+](C)(C)c1ccccc1C.[Cl-]. The van der Waals surface area contributed by atoms with Crippen LogP contribution in [0.3, 0.4) is 0 Å². The maximum absolute atomic E-state index is 2.35. The zero-order chi connectivity index (χ0) is 19.1. The molecule has 158 valence electrons. The molecule has 0 amide bonds. The van der Waals surface area contributed by atoms with Crippen molar-refractivity contribution in [2.24, 2.45) is 0 Å². The molecule has 0 N–H and O–H groups in total. The van der Waals surface area contributed by atoms with Crippen molar-refractivity contribution in [1.82, 2.24) is 4.48 Å². The fourth-order valence-electron chi connectivity index (χ4n) is 4.06. The number of hydrogen-bond donors (Lipinski definition) is 0. The van der Waals surface area contributed by atoms with Crippen LogP contribution in [-0.2, 0) is 0 Å². The van der Waals surface area contributed by atoms with Crippen molar-refractivity contribution >= 4 is 5.69 Å². The minimum absolute atomic E-state index is 0. The second-order valence-electron chi connectivity index (χ2n) is 8.79. The summed E-state index contributed by atoms with van der Waals surface area (Å²) in [5.74, 6) is 0. The van der Waals surface area contributed by atoms with E-state index < -0.39 is 0 Å². The average molecular weight is 396 g/mol. The first kappa shape index (κ1) is 26.5. The van der Waals surface area contributed by atoms with Crippen LogP contribution in [0.5, 0.6) is 0 Å². The summed E-state index contributed by atoms with van der Waals surface area (Å²) in [5, 5.41) is 0. The largest absolute Gasteiger partial charge is 1.00 e. The Morgan fingerprint density at radius 2 is 1.04 bits per heavy atom. The standard InChI is InChI=1S/C25H46N.ClH/c1-5-6-7-8-9-10-11-12-13-14-15-16-17-20-23-26(3,4)25-22-19-18-21-24(25)2;/h18-19,21-22H,5-17,20,23H2,1-4H3;1H/q+1;/p-1. The predicted octanol–water partition coefficient (Wildman–Crippen LogP) is 5.05. The predicted molar refractivity (Wildman–Crippen MR) is 120 cm³/mol. The molecule has 0 fully saturated rings. The van der Waals surface area contributed by atoms with Gasteiger partial charge in [-0.15, -0.1) is 0 Å². The van der Waals surface area contributed by atoms with Crippen LogP contribution in [0.25, 0.3) is 0 Å². The van der Waals surface area contributed by atoms with E-state index in [1.54, 1.807) is 0 Å². The third-order valence-corrected chi connectivity index (χ3v) is 5.84. The van der Waals surface area contributed by atoms with E-state index in [2.05, 4.69) is 52.2 Å². The quantitative estimate of drug-likeness (QED) is 0.271.